The zero-order chi connectivity index (χ0) is 10.7. The van der Waals surface area contributed by atoms with Crippen molar-refractivity contribution < 1.29 is 14.3 Å². The van der Waals surface area contributed by atoms with E-state index in [9.17, 15) is 4.79 Å². The summed E-state index contributed by atoms with van der Waals surface area (Å²) in [6.45, 7) is 0.527. The molecule has 2 N–H and O–H groups in total. The van der Waals surface area contributed by atoms with Gasteiger partial charge < -0.3 is 14.8 Å². The molecule has 0 fully saturated rings. The van der Waals surface area contributed by atoms with Gasteiger partial charge in [-0.3, -0.25) is 0 Å². The Morgan fingerprint density at radius 2 is 2.53 bits per heavy atom. The molecular formula is C9H8N2O3S. The third-order valence-corrected chi connectivity index (χ3v) is 2.59. The van der Waals surface area contributed by atoms with Crippen LogP contribution in [0.1, 0.15) is 16.1 Å². The Morgan fingerprint density at radius 1 is 1.67 bits per heavy atom. The van der Waals surface area contributed by atoms with Crippen LogP contribution < -0.4 is 5.32 Å². The van der Waals surface area contributed by atoms with Gasteiger partial charge in [0, 0.05) is 12.1 Å². The largest absolute Gasteiger partial charge is 0.476 e. The molecule has 0 aliphatic heterocycles. The Labute approximate surface area is 89.4 Å². The van der Waals surface area contributed by atoms with E-state index in [2.05, 4.69) is 10.3 Å². The highest BCUT2D eigenvalue weighted by Gasteiger charge is 2.12. The fourth-order valence-corrected chi connectivity index (χ4v) is 1.77. The first-order chi connectivity index (χ1) is 7.27. The van der Waals surface area contributed by atoms with Crippen molar-refractivity contribution in [2.45, 2.75) is 6.54 Å². The maximum Gasteiger partial charge on any atom is 0.357 e. The van der Waals surface area contributed by atoms with Crippen LogP contribution in [0.15, 0.2) is 28.5 Å². The SMILES string of the molecule is O=C(O)c1ncsc1NCc1ccoc1. The standard InChI is InChI=1S/C9H8N2O3S/c12-9(13)7-8(15-5-11-7)10-3-6-1-2-14-4-6/h1-2,4-5,10H,3H2,(H,12,13). The van der Waals surface area contributed by atoms with Crippen LogP contribution in [0.25, 0.3) is 0 Å². The first-order valence-electron chi connectivity index (χ1n) is 4.19. The minimum absolute atomic E-state index is 0.0588. The molecule has 0 aliphatic carbocycles. The molecule has 5 nitrogen and oxygen atoms in total. The molecule has 0 atom stereocenters. The van der Waals surface area contributed by atoms with Crippen molar-refractivity contribution in [1.82, 2.24) is 4.98 Å². The molecular weight excluding hydrogens is 216 g/mol. The van der Waals surface area contributed by atoms with Gasteiger partial charge in [0.05, 0.1) is 18.0 Å². The maximum atomic E-state index is 10.7. The van der Waals surface area contributed by atoms with Crippen molar-refractivity contribution in [3.05, 3.63) is 35.4 Å². The van der Waals surface area contributed by atoms with Crippen LogP contribution in [0.3, 0.4) is 0 Å². The van der Waals surface area contributed by atoms with Crippen LogP contribution in [-0.2, 0) is 6.54 Å². The smallest absolute Gasteiger partial charge is 0.357 e. The van der Waals surface area contributed by atoms with Crippen LogP contribution in [0.5, 0.6) is 0 Å². The first kappa shape index (κ1) is 9.72. The molecule has 0 spiro atoms. The third-order valence-electron chi connectivity index (χ3n) is 1.80. The average Bonchev–Trinajstić information content (AvgIpc) is 2.86. The van der Waals surface area contributed by atoms with Gasteiger partial charge in [-0.05, 0) is 6.07 Å². The second-order valence-electron chi connectivity index (χ2n) is 2.82. The Morgan fingerprint density at radius 3 is 3.20 bits per heavy atom. The van der Waals surface area contributed by atoms with E-state index in [4.69, 9.17) is 9.52 Å². The lowest BCUT2D eigenvalue weighted by molar-refractivity contribution is 0.0692. The number of carbonyl (C=O) groups is 1. The van der Waals surface area contributed by atoms with Crippen molar-refractivity contribution in [3.63, 3.8) is 0 Å². The topological polar surface area (TPSA) is 75.4 Å². The zero-order valence-corrected chi connectivity index (χ0v) is 8.45. The Bertz CT molecular complexity index is 450. The summed E-state index contributed by atoms with van der Waals surface area (Å²) in [5, 5.41) is 12.3. The second-order valence-corrected chi connectivity index (χ2v) is 3.68. The summed E-state index contributed by atoms with van der Waals surface area (Å²) in [5.74, 6) is -1.02. The molecule has 2 aromatic rings. The van der Waals surface area contributed by atoms with E-state index in [1.54, 1.807) is 12.5 Å². The van der Waals surface area contributed by atoms with Crippen LogP contribution in [-0.4, -0.2) is 16.1 Å². The molecule has 0 aliphatic rings. The normalized spacial score (nSPS) is 10.1. The lowest BCUT2D eigenvalue weighted by Gasteiger charge is -2.01. The molecule has 0 amide bonds. The summed E-state index contributed by atoms with van der Waals surface area (Å²) in [6, 6.07) is 1.81. The van der Waals surface area contributed by atoms with E-state index in [-0.39, 0.29) is 5.69 Å². The molecule has 0 radical (unpaired) electrons. The van der Waals surface area contributed by atoms with Crippen molar-refractivity contribution in [3.8, 4) is 0 Å². The molecule has 6 heteroatoms. The van der Waals surface area contributed by atoms with Gasteiger partial charge in [0.2, 0.25) is 0 Å². The third kappa shape index (κ3) is 2.16. The summed E-state index contributed by atoms with van der Waals surface area (Å²) in [5.41, 5.74) is 2.52. The van der Waals surface area contributed by atoms with Crippen molar-refractivity contribution in [2.75, 3.05) is 5.32 Å². The Hall–Kier alpha value is -1.82. The van der Waals surface area contributed by atoms with Gasteiger partial charge in [-0.1, -0.05) is 0 Å². The first-order valence-corrected chi connectivity index (χ1v) is 5.07. The number of carboxylic acids is 1. The second kappa shape index (κ2) is 4.14. The monoisotopic (exact) mass is 224 g/mol. The van der Waals surface area contributed by atoms with Gasteiger partial charge >= 0.3 is 5.97 Å². The molecule has 78 valence electrons. The molecule has 15 heavy (non-hydrogen) atoms. The predicted molar refractivity (Wildman–Crippen MR) is 55.1 cm³/mol. The van der Waals surface area contributed by atoms with Gasteiger partial charge in [0.1, 0.15) is 5.00 Å². The molecule has 0 saturated heterocycles. The minimum Gasteiger partial charge on any atom is -0.476 e. The number of aromatic carboxylic acids is 1. The number of hydrogen-bond acceptors (Lipinski definition) is 5. The molecule has 0 unspecified atom stereocenters. The van der Waals surface area contributed by atoms with Crippen LogP contribution >= 0.6 is 11.3 Å². The summed E-state index contributed by atoms with van der Waals surface area (Å²) in [6.07, 6.45) is 3.18. The Kier molecular flexibility index (Phi) is 2.68. The molecule has 2 heterocycles. The maximum absolute atomic E-state index is 10.7. The number of nitrogens with zero attached hydrogens (tertiary/aromatic N) is 1. The number of anilines is 1. The van der Waals surface area contributed by atoms with Gasteiger partial charge in [0.25, 0.3) is 0 Å². The lowest BCUT2D eigenvalue weighted by Crippen LogP contribution is -2.04. The highest BCUT2D eigenvalue weighted by atomic mass is 32.1. The number of furan rings is 1. The van der Waals surface area contributed by atoms with Gasteiger partial charge in [-0.2, -0.15) is 0 Å². The van der Waals surface area contributed by atoms with Gasteiger partial charge in [-0.25, -0.2) is 9.78 Å². The quantitative estimate of drug-likeness (QED) is 0.831. The van der Waals surface area contributed by atoms with Crippen LogP contribution in [0, 0.1) is 0 Å². The van der Waals surface area contributed by atoms with Crippen molar-refractivity contribution >= 4 is 22.3 Å². The molecule has 2 rings (SSSR count). The van der Waals surface area contributed by atoms with E-state index in [1.165, 1.54) is 16.8 Å². The number of thiazole rings is 1. The summed E-state index contributed by atoms with van der Waals surface area (Å²) in [7, 11) is 0. The van der Waals surface area contributed by atoms with Crippen molar-refractivity contribution in [1.29, 1.82) is 0 Å². The Balaban J connectivity index is 2.05. The van der Waals surface area contributed by atoms with E-state index in [0.29, 0.717) is 11.5 Å². The molecule has 2 aromatic heterocycles. The fourth-order valence-electron chi connectivity index (χ4n) is 1.10. The summed E-state index contributed by atoms with van der Waals surface area (Å²) in [4.78, 5) is 14.5. The van der Waals surface area contributed by atoms with E-state index in [0.717, 1.165) is 5.56 Å². The molecule has 0 bridgehead atoms. The predicted octanol–water partition coefficient (Wildman–Crippen LogP) is 2.05. The van der Waals surface area contributed by atoms with Gasteiger partial charge in [-0.15, -0.1) is 11.3 Å². The summed E-state index contributed by atoms with van der Waals surface area (Å²) >= 11 is 1.27. The van der Waals surface area contributed by atoms with Gasteiger partial charge in [0.15, 0.2) is 5.69 Å². The zero-order valence-electron chi connectivity index (χ0n) is 7.64. The highest BCUT2D eigenvalue weighted by molar-refractivity contribution is 7.14. The lowest BCUT2D eigenvalue weighted by atomic mass is 10.3. The number of aromatic nitrogens is 1. The number of hydrogen-bond donors (Lipinski definition) is 2. The molecule has 0 saturated carbocycles. The van der Waals surface area contributed by atoms with E-state index < -0.39 is 5.97 Å². The number of rotatable bonds is 4. The summed E-state index contributed by atoms with van der Waals surface area (Å²) < 4.78 is 4.89. The van der Waals surface area contributed by atoms with E-state index in [1.807, 2.05) is 6.07 Å². The average molecular weight is 224 g/mol. The van der Waals surface area contributed by atoms with E-state index >= 15 is 0 Å². The van der Waals surface area contributed by atoms with Crippen LogP contribution in [0.4, 0.5) is 5.00 Å². The van der Waals surface area contributed by atoms with Crippen LogP contribution in [0.2, 0.25) is 0 Å². The fraction of sp³-hybridized carbons (Fsp3) is 0.111. The number of nitrogens with one attached hydrogen (secondary N) is 1. The van der Waals surface area contributed by atoms with Crippen molar-refractivity contribution in [2.24, 2.45) is 0 Å². The highest BCUT2D eigenvalue weighted by Crippen LogP contribution is 2.20. The minimum atomic E-state index is -1.02. The number of carboxylic acid groups (broad SMARTS) is 1. The molecule has 0 aromatic carbocycles.